The summed E-state index contributed by atoms with van der Waals surface area (Å²) in [5.74, 6) is 0.255. The summed E-state index contributed by atoms with van der Waals surface area (Å²) in [6.07, 6.45) is 0. The first-order valence-electron chi connectivity index (χ1n) is 7.17. The molecule has 0 radical (unpaired) electrons. The lowest BCUT2D eigenvalue weighted by Crippen LogP contribution is -2.29. The van der Waals surface area contributed by atoms with Crippen molar-refractivity contribution in [2.45, 2.75) is 19.9 Å². The fourth-order valence-electron chi connectivity index (χ4n) is 2.35. The van der Waals surface area contributed by atoms with E-state index >= 15 is 0 Å². The molecule has 2 heteroatoms. The van der Waals surface area contributed by atoms with Crippen LogP contribution in [0.2, 0.25) is 0 Å². The smallest absolute Gasteiger partial charge is 0.0579 e. The molecule has 20 heavy (non-hydrogen) atoms. The van der Waals surface area contributed by atoms with E-state index in [4.69, 9.17) is 0 Å². The van der Waals surface area contributed by atoms with Gasteiger partial charge in [-0.3, -0.25) is 0 Å². The number of aliphatic hydroxyl groups is 1. The minimum Gasteiger partial charge on any atom is -0.396 e. The topological polar surface area (TPSA) is 32.3 Å². The third-order valence-electron chi connectivity index (χ3n) is 3.61. The molecule has 2 aromatic rings. The van der Waals surface area contributed by atoms with Crippen molar-refractivity contribution in [2.75, 3.05) is 13.2 Å². The maximum atomic E-state index is 9.20. The molecule has 0 saturated heterocycles. The second-order valence-electron chi connectivity index (χ2n) is 5.40. The number of hydrogen-bond donors (Lipinski definition) is 2. The average molecular weight is 269 g/mol. The third kappa shape index (κ3) is 3.69. The Hall–Kier alpha value is -1.64. The van der Waals surface area contributed by atoms with Crippen LogP contribution in [0.25, 0.3) is 0 Å². The summed E-state index contributed by atoms with van der Waals surface area (Å²) in [5.41, 5.74) is 3.83. The fraction of sp³-hybridized carbons (Fsp3) is 0.333. The summed E-state index contributed by atoms with van der Waals surface area (Å²) in [6.45, 7) is 5.20. The van der Waals surface area contributed by atoms with Gasteiger partial charge in [0.05, 0.1) is 6.04 Å². The van der Waals surface area contributed by atoms with Crippen LogP contribution in [0.3, 0.4) is 0 Å². The Morgan fingerprint density at radius 2 is 1.65 bits per heavy atom. The first kappa shape index (κ1) is 14.8. The molecule has 2 unspecified atom stereocenters. The van der Waals surface area contributed by atoms with E-state index < -0.39 is 0 Å². The quantitative estimate of drug-likeness (QED) is 0.843. The molecule has 0 aliphatic heterocycles. The maximum Gasteiger partial charge on any atom is 0.0579 e. The summed E-state index contributed by atoms with van der Waals surface area (Å²) in [4.78, 5) is 0. The van der Waals surface area contributed by atoms with Crippen LogP contribution in [-0.4, -0.2) is 18.3 Å². The second kappa shape index (κ2) is 7.22. The van der Waals surface area contributed by atoms with Crippen molar-refractivity contribution in [3.8, 4) is 0 Å². The van der Waals surface area contributed by atoms with Gasteiger partial charge >= 0.3 is 0 Å². The largest absolute Gasteiger partial charge is 0.396 e. The van der Waals surface area contributed by atoms with Gasteiger partial charge in [0, 0.05) is 13.2 Å². The lowest BCUT2D eigenvalue weighted by atomic mass is 9.94. The predicted molar refractivity (Wildman–Crippen MR) is 83.7 cm³/mol. The van der Waals surface area contributed by atoms with Crippen LogP contribution in [0.15, 0.2) is 54.6 Å². The molecule has 2 nitrogen and oxygen atoms in total. The van der Waals surface area contributed by atoms with Crippen molar-refractivity contribution in [2.24, 2.45) is 5.92 Å². The zero-order valence-corrected chi connectivity index (χ0v) is 12.2. The van der Waals surface area contributed by atoms with Crippen molar-refractivity contribution in [3.63, 3.8) is 0 Å². The van der Waals surface area contributed by atoms with Gasteiger partial charge in [-0.15, -0.1) is 0 Å². The van der Waals surface area contributed by atoms with Crippen LogP contribution in [0.4, 0.5) is 0 Å². The summed E-state index contributed by atoms with van der Waals surface area (Å²) in [5, 5.41) is 12.8. The highest BCUT2D eigenvalue weighted by atomic mass is 16.3. The molecule has 0 bridgehead atoms. The van der Waals surface area contributed by atoms with Crippen LogP contribution in [0.1, 0.15) is 29.7 Å². The minimum absolute atomic E-state index is 0.173. The van der Waals surface area contributed by atoms with Crippen LogP contribution < -0.4 is 5.32 Å². The molecular weight excluding hydrogens is 246 g/mol. The Kier molecular flexibility index (Phi) is 5.33. The van der Waals surface area contributed by atoms with Gasteiger partial charge in [0.15, 0.2) is 0 Å². The zero-order chi connectivity index (χ0) is 14.4. The molecule has 0 aromatic heterocycles. The molecule has 2 rings (SSSR count). The Morgan fingerprint density at radius 1 is 1.00 bits per heavy atom. The Morgan fingerprint density at radius 3 is 2.30 bits per heavy atom. The molecule has 2 atom stereocenters. The first-order valence-corrected chi connectivity index (χ1v) is 7.17. The Bertz CT molecular complexity index is 524. The normalized spacial score (nSPS) is 13.9. The van der Waals surface area contributed by atoms with E-state index in [0.29, 0.717) is 0 Å². The molecule has 0 saturated carbocycles. The first-order chi connectivity index (χ1) is 9.72. The summed E-state index contributed by atoms with van der Waals surface area (Å²) in [7, 11) is 0. The maximum absolute atomic E-state index is 9.20. The monoisotopic (exact) mass is 269 g/mol. The minimum atomic E-state index is 0.173. The van der Waals surface area contributed by atoms with E-state index in [1.807, 2.05) is 13.0 Å². The van der Waals surface area contributed by atoms with Gasteiger partial charge in [-0.05, 0) is 29.5 Å². The number of benzene rings is 2. The molecule has 0 fully saturated rings. The standard InChI is InChI=1S/C18H23NO/c1-14(13-20)12-19-18(16-9-4-3-5-10-16)17-11-7-6-8-15(17)2/h3-11,14,18-20H,12-13H2,1-2H3. The summed E-state index contributed by atoms with van der Waals surface area (Å²) < 4.78 is 0. The van der Waals surface area contributed by atoms with Crippen LogP contribution >= 0.6 is 0 Å². The molecule has 2 aromatic carbocycles. The number of hydrogen-bond acceptors (Lipinski definition) is 2. The number of nitrogens with one attached hydrogen (secondary N) is 1. The Balaban J connectivity index is 2.27. The van der Waals surface area contributed by atoms with Crippen LogP contribution in [0.5, 0.6) is 0 Å². The number of rotatable bonds is 6. The third-order valence-corrected chi connectivity index (χ3v) is 3.61. The Labute approximate surface area is 121 Å². The van der Waals surface area contributed by atoms with E-state index in [1.165, 1.54) is 16.7 Å². The highest BCUT2D eigenvalue weighted by Crippen LogP contribution is 2.24. The van der Waals surface area contributed by atoms with E-state index in [1.54, 1.807) is 0 Å². The van der Waals surface area contributed by atoms with Crippen molar-refractivity contribution in [1.29, 1.82) is 0 Å². The molecule has 0 spiro atoms. The van der Waals surface area contributed by atoms with Crippen molar-refractivity contribution >= 4 is 0 Å². The second-order valence-corrected chi connectivity index (χ2v) is 5.40. The molecule has 106 valence electrons. The van der Waals surface area contributed by atoms with Gasteiger partial charge in [-0.1, -0.05) is 61.5 Å². The summed E-state index contributed by atoms with van der Waals surface area (Å²) >= 11 is 0. The molecule has 0 heterocycles. The zero-order valence-electron chi connectivity index (χ0n) is 12.2. The van der Waals surface area contributed by atoms with Crippen LogP contribution in [-0.2, 0) is 0 Å². The molecule has 0 aliphatic rings. The highest BCUT2D eigenvalue weighted by Gasteiger charge is 2.15. The highest BCUT2D eigenvalue weighted by molar-refractivity contribution is 5.36. The molecule has 0 amide bonds. The molecular formula is C18H23NO. The van der Waals surface area contributed by atoms with E-state index in [-0.39, 0.29) is 18.6 Å². The average Bonchev–Trinajstić information content (AvgIpc) is 2.50. The molecule has 0 aliphatic carbocycles. The van der Waals surface area contributed by atoms with Gasteiger partial charge < -0.3 is 10.4 Å². The van der Waals surface area contributed by atoms with Crippen molar-refractivity contribution < 1.29 is 5.11 Å². The summed E-state index contributed by atoms with van der Waals surface area (Å²) in [6, 6.07) is 19.1. The van der Waals surface area contributed by atoms with Crippen LogP contribution in [0, 0.1) is 12.8 Å². The van der Waals surface area contributed by atoms with Gasteiger partial charge in [0.2, 0.25) is 0 Å². The van der Waals surface area contributed by atoms with Gasteiger partial charge in [0.25, 0.3) is 0 Å². The van der Waals surface area contributed by atoms with Gasteiger partial charge in [-0.2, -0.15) is 0 Å². The van der Waals surface area contributed by atoms with Gasteiger partial charge in [-0.25, -0.2) is 0 Å². The van der Waals surface area contributed by atoms with Crippen molar-refractivity contribution in [1.82, 2.24) is 5.32 Å². The predicted octanol–water partition coefficient (Wildman–Crippen LogP) is 3.30. The lowest BCUT2D eigenvalue weighted by molar-refractivity contribution is 0.231. The van der Waals surface area contributed by atoms with Crippen molar-refractivity contribution in [3.05, 3.63) is 71.3 Å². The number of aryl methyl sites for hydroxylation is 1. The van der Waals surface area contributed by atoms with Gasteiger partial charge in [0.1, 0.15) is 0 Å². The van der Waals surface area contributed by atoms with E-state index in [2.05, 4.69) is 60.8 Å². The number of aliphatic hydroxyl groups excluding tert-OH is 1. The SMILES string of the molecule is Cc1ccccc1C(NCC(C)CO)c1ccccc1. The lowest BCUT2D eigenvalue weighted by Gasteiger charge is -2.23. The fourth-order valence-corrected chi connectivity index (χ4v) is 2.35. The van der Waals surface area contributed by atoms with E-state index in [9.17, 15) is 5.11 Å². The molecule has 2 N–H and O–H groups in total. The van der Waals surface area contributed by atoms with E-state index in [0.717, 1.165) is 6.54 Å².